The Morgan fingerprint density at radius 2 is 1.77 bits per heavy atom. The molecule has 0 spiro atoms. The maximum absolute atomic E-state index is 12.9. The minimum absolute atomic E-state index is 0.00501. The first kappa shape index (κ1) is 21.3. The van der Waals surface area contributed by atoms with Gasteiger partial charge in [-0.15, -0.1) is 0 Å². The number of hydrogen-bond acceptors (Lipinski definition) is 5. The Bertz CT molecular complexity index is 905. The number of nitrogens with one attached hydrogen (secondary N) is 2. The summed E-state index contributed by atoms with van der Waals surface area (Å²) in [6.07, 6.45) is 2.24. The highest BCUT2D eigenvalue weighted by Gasteiger charge is 2.30. The topological polar surface area (TPSA) is 73.9 Å². The molecule has 2 amide bonds. The average Bonchev–Trinajstić information content (AvgIpc) is 3.65. The van der Waals surface area contributed by atoms with Crippen LogP contribution >= 0.6 is 0 Å². The van der Waals surface area contributed by atoms with Gasteiger partial charge in [-0.1, -0.05) is 24.3 Å². The van der Waals surface area contributed by atoms with Crippen LogP contribution in [0, 0.1) is 0 Å². The Balaban J connectivity index is 1.39. The number of hydrogen-bond donors (Lipinski definition) is 2. The minimum atomic E-state index is -0.0936. The van der Waals surface area contributed by atoms with Gasteiger partial charge in [-0.3, -0.25) is 14.5 Å². The molecule has 0 radical (unpaired) electrons. The normalized spacial score (nSPS) is 16.3. The predicted octanol–water partition coefficient (Wildman–Crippen LogP) is 2.49. The van der Waals surface area contributed by atoms with E-state index in [4.69, 9.17) is 4.74 Å². The zero-order valence-corrected chi connectivity index (χ0v) is 18.0. The number of rotatable bonds is 8. The zero-order chi connectivity index (χ0) is 21.6. The van der Waals surface area contributed by atoms with Crippen molar-refractivity contribution in [3.8, 4) is 0 Å². The fraction of sp³-hybridized carbons (Fsp3) is 0.417. The second-order valence-corrected chi connectivity index (χ2v) is 8.08. The van der Waals surface area contributed by atoms with Crippen molar-refractivity contribution in [2.24, 2.45) is 0 Å². The second kappa shape index (κ2) is 9.94. The first-order valence-electron chi connectivity index (χ1n) is 10.9. The molecule has 0 atom stereocenters. The van der Waals surface area contributed by atoms with Gasteiger partial charge in [0.15, 0.2) is 0 Å². The quantitative estimate of drug-likeness (QED) is 0.684. The van der Waals surface area contributed by atoms with Crippen molar-refractivity contribution in [3.63, 3.8) is 0 Å². The smallest absolute Gasteiger partial charge is 0.251 e. The molecule has 2 N–H and O–H groups in total. The lowest BCUT2D eigenvalue weighted by Crippen LogP contribution is -2.37. The van der Waals surface area contributed by atoms with Crippen LogP contribution in [0.5, 0.6) is 0 Å². The molecule has 2 fully saturated rings. The summed E-state index contributed by atoms with van der Waals surface area (Å²) in [6.45, 7) is 4.10. The van der Waals surface area contributed by atoms with Crippen molar-refractivity contribution in [3.05, 3.63) is 59.7 Å². The SMILES string of the molecule is CNC(=O)c1ccc(CN(CC(=O)Nc2ccccc2N2CCOCC2)C2CC2)cc1. The molecule has 1 saturated carbocycles. The van der Waals surface area contributed by atoms with Crippen LogP contribution in [0.2, 0.25) is 0 Å². The summed E-state index contributed by atoms with van der Waals surface area (Å²) in [7, 11) is 1.63. The molecule has 0 bridgehead atoms. The fourth-order valence-electron chi connectivity index (χ4n) is 3.93. The standard InChI is InChI=1S/C24H30N4O3/c1-25-24(30)19-8-6-18(7-9-19)16-28(20-10-11-20)17-23(29)26-21-4-2-3-5-22(21)27-12-14-31-15-13-27/h2-9,20H,10-17H2,1H3,(H,25,30)(H,26,29). The molecule has 0 aromatic heterocycles. The molecular weight excluding hydrogens is 392 g/mol. The third-order valence-corrected chi connectivity index (χ3v) is 5.77. The maximum Gasteiger partial charge on any atom is 0.251 e. The van der Waals surface area contributed by atoms with Crippen molar-refractivity contribution in [1.82, 2.24) is 10.2 Å². The minimum Gasteiger partial charge on any atom is -0.378 e. The highest BCUT2D eigenvalue weighted by atomic mass is 16.5. The molecule has 1 saturated heterocycles. The Labute approximate surface area is 183 Å². The molecule has 31 heavy (non-hydrogen) atoms. The van der Waals surface area contributed by atoms with Crippen LogP contribution in [-0.4, -0.2) is 62.7 Å². The van der Waals surface area contributed by atoms with Gasteiger partial charge in [-0.05, 0) is 42.7 Å². The number of carbonyl (C=O) groups excluding carboxylic acids is 2. The fourth-order valence-corrected chi connectivity index (χ4v) is 3.93. The number of para-hydroxylation sites is 2. The summed E-state index contributed by atoms with van der Waals surface area (Å²) in [5.74, 6) is -0.0986. The summed E-state index contributed by atoms with van der Waals surface area (Å²) in [5.41, 5.74) is 3.63. The summed E-state index contributed by atoms with van der Waals surface area (Å²) in [6, 6.07) is 16.0. The van der Waals surface area contributed by atoms with E-state index in [9.17, 15) is 9.59 Å². The van der Waals surface area contributed by atoms with Crippen molar-refractivity contribution in [1.29, 1.82) is 0 Å². The first-order chi connectivity index (χ1) is 15.1. The third-order valence-electron chi connectivity index (χ3n) is 5.77. The highest BCUT2D eigenvalue weighted by Crippen LogP contribution is 2.29. The Morgan fingerprint density at radius 1 is 1.06 bits per heavy atom. The van der Waals surface area contributed by atoms with Gasteiger partial charge in [0.1, 0.15) is 0 Å². The number of amides is 2. The number of morpholine rings is 1. The van der Waals surface area contributed by atoms with Crippen LogP contribution < -0.4 is 15.5 Å². The summed E-state index contributed by atoms with van der Waals surface area (Å²) < 4.78 is 5.45. The molecule has 2 aromatic rings. The molecule has 1 aliphatic carbocycles. The van der Waals surface area contributed by atoms with E-state index in [-0.39, 0.29) is 11.8 Å². The van der Waals surface area contributed by atoms with Crippen molar-refractivity contribution >= 4 is 23.2 Å². The number of ether oxygens (including phenoxy) is 1. The van der Waals surface area contributed by atoms with Gasteiger partial charge >= 0.3 is 0 Å². The molecule has 1 aliphatic heterocycles. The van der Waals surface area contributed by atoms with Crippen LogP contribution in [0.25, 0.3) is 0 Å². The molecule has 0 unspecified atom stereocenters. The maximum atomic E-state index is 12.9. The molecule has 7 heteroatoms. The van der Waals surface area contributed by atoms with E-state index >= 15 is 0 Å². The van der Waals surface area contributed by atoms with Gasteiger partial charge in [0, 0.05) is 38.3 Å². The molecular formula is C24H30N4O3. The van der Waals surface area contributed by atoms with Gasteiger partial charge in [0.25, 0.3) is 5.91 Å². The van der Waals surface area contributed by atoms with Gasteiger partial charge in [0.05, 0.1) is 31.1 Å². The van der Waals surface area contributed by atoms with Gasteiger partial charge in [-0.25, -0.2) is 0 Å². The van der Waals surface area contributed by atoms with Crippen molar-refractivity contribution < 1.29 is 14.3 Å². The number of carbonyl (C=O) groups is 2. The van der Waals surface area contributed by atoms with E-state index in [0.29, 0.717) is 37.9 Å². The van der Waals surface area contributed by atoms with E-state index in [1.807, 2.05) is 48.5 Å². The van der Waals surface area contributed by atoms with Crippen LogP contribution in [0.15, 0.2) is 48.5 Å². The number of benzene rings is 2. The number of anilines is 2. The highest BCUT2D eigenvalue weighted by molar-refractivity contribution is 5.96. The number of nitrogens with zero attached hydrogens (tertiary/aromatic N) is 2. The van der Waals surface area contributed by atoms with E-state index in [0.717, 1.165) is 42.9 Å². The monoisotopic (exact) mass is 422 g/mol. The van der Waals surface area contributed by atoms with E-state index in [1.54, 1.807) is 7.05 Å². The molecule has 1 heterocycles. The third kappa shape index (κ3) is 5.62. The molecule has 2 aliphatic rings. The van der Waals surface area contributed by atoms with Gasteiger partial charge < -0.3 is 20.3 Å². The first-order valence-corrected chi connectivity index (χ1v) is 10.9. The summed E-state index contributed by atoms with van der Waals surface area (Å²) in [4.78, 5) is 29.1. The Morgan fingerprint density at radius 3 is 2.45 bits per heavy atom. The lowest BCUT2D eigenvalue weighted by Gasteiger charge is -2.30. The van der Waals surface area contributed by atoms with Crippen LogP contribution in [-0.2, 0) is 16.1 Å². The molecule has 2 aromatic carbocycles. The van der Waals surface area contributed by atoms with E-state index in [1.165, 1.54) is 0 Å². The van der Waals surface area contributed by atoms with Gasteiger partial charge in [-0.2, -0.15) is 0 Å². The predicted molar refractivity (Wildman–Crippen MR) is 121 cm³/mol. The van der Waals surface area contributed by atoms with Crippen molar-refractivity contribution in [2.45, 2.75) is 25.4 Å². The van der Waals surface area contributed by atoms with Crippen molar-refractivity contribution in [2.75, 3.05) is 50.1 Å². The summed E-state index contributed by atoms with van der Waals surface area (Å²) in [5, 5.41) is 5.76. The zero-order valence-electron chi connectivity index (χ0n) is 18.0. The molecule has 164 valence electrons. The lowest BCUT2D eigenvalue weighted by atomic mass is 10.1. The Hall–Kier alpha value is -2.90. The molecule has 4 rings (SSSR count). The van der Waals surface area contributed by atoms with Crippen LogP contribution in [0.3, 0.4) is 0 Å². The lowest BCUT2D eigenvalue weighted by molar-refractivity contribution is -0.117. The van der Waals surface area contributed by atoms with E-state index in [2.05, 4.69) is 20.4 Å². The van der Waals surface area contributed by atoms with Crippen LogP contribution in [0.1, 0.15) is 28.8 Å². The summed E-state index contributed by atoms with van der Waals surface area (Å²) >= 11 is 0. The van der Waals surface area contributed by atoms with Crippen LogP contribution in [0.4, 0.5) is 11.4 Å². The van der Waals surface area contributed by atoms with E-state index < -0.39 is 0 Å². The Kier molecular flexibility index (Phi) is 6.84. The second-order valence-electron chi connectivity index (χ2n) is 8.08. The van der Waals surface area contributed by atoms with Gasteiger partial charge in [0.2, 0.25) is 5.91 Å². The average molecular weight is 423 g/mol. The largest absolute Gasteiger partial charge is 0.378 e. The molecule has 7 nitrogen and oxygen atoms in total.